The molecule has 3 heterocycles. The van der Waals surface area contributed by atoms with E-state index in [1.54, 1.807) is 19.1 Å². The van der Waals surface area contributed by atoms with Crippen LogP contribution in [0.2, 0.25) is 0 Å². The van der Waals surface area contributed by atoms with E-state index >= 15 is 0 Å². The molecule has 0 spiro atoms. The predicted molar refractivity (Wildman–Crippen MR) is 139 cm³/mol. The van der Waals surface area contributed by atoms with E-state index < -0.39 is 29.3 Å². The third-order valence-corrected chi connectivity index (χ3v) is 7.92. The molecule has 0 radical (unpaired) electrons. The monoisotopic (exact) mass is 521 g/mol. The molecule has 9 heteroatoms. The molecule has 7 nitrogen and oxygen atoms in total. The number of rotatable bonds is 8. The first-order valence-corrected chi connectivity index (χ1v) is 13.1. The molecule has 37 heavy (non-hydrogen) atoms. The van der Waals surface area contributed by atoms with E-state index in [1.165, 1.54) is 28.4 Å². The zero-order valence-electron chi connectivity index (χ0n) is 20.5. The van der Waals surface area contributed by atoms with Gasteiger partial charge in [-0.25, -0.2) is 9.37 Å². The summed E-state index contributed by atoms with van der Waals surface area (Å²) in [7, 11) is 0. The largest absolute Gasteiger partial charge is 0.503 e. The van der Waals surface area contributed by atoms with Crippen LogP contribution in [0.15, 0.2) is 65.9 Å². The first-order valence-electron chi connectivity index (χ1n) is 12.3. The molecule has 1 saturated heterocycles. The molecule has 2 aromatic carbocycles. The lowest BCUT2D eigenvalue weighted by Crippen LogP contribution is -2.39. The number of ether oxygens (including phenoxy) is 1. The maximum atomic E-state index is 14.2. The number of aromatic nitrogens is 1. The maximum Gasteiger partial charge on any atom is 0.290 e. The number of aryl methyl sites for hydroxylation is 1. The molecule has 0 saturated carbocycles. The highest BCUT2D eigenvalue weighted by Crippen LogP contribution is 2.41. The van der Waals surface area contributed by atoms with Crippen molar-refractivity contribution in [2.24, 2.45) is 0 Å². The van der Waals surface area contributed by atoms with Gasteiger partial charge in [0, 0.05) is 31.7 Å². The average molecular weight is 522 g/mol. The van der Waals surface area contributed by atoms with Crippen LogP contribution in [0.1, 0.15) is 33.4 Å². The molecule has 2 aliphatic heterocycles. The number of carbonyl (C=O) groups is 2. The number of benzene rings is 2. The number of aliphatic hydroxyl groups excluding tert-OH is 1. The lowest BCUT2D eigenvalue weighted by molar-refractivity contribution is -0.129. The smallest absolute Gasteiger partial charge is 0.290 e. The van der Waals surface area contributed by atoms with Crippen molar-refractivity contribution < 1.29 is 23.8 Å². The van der Waals surface area contributed by atoms with Crippen LogP contribution >= 0.6 is 11.3 Å². The summed E-state index contributed by atoms with van der Waals surface area (Å²) >= 11 is 1.22. The second-order valence-electron chi connectivity index (χ2n) is 9.15. The van der Waals surface area contributed by atoms with E-state index in [0.29, 0.717) is 47.3 Å². The molecule has 1 aromatic heterocycles. The number of nitrogens with zero attached hydrogens (tertiary/aromatic N) is 3. The van der Waals surface area contributed by atoms with Crippen LogP contribution in [0, 0.1) is 12.7 Å². The summed E-state index contributed by atoms with van der Waals surface area (Å²) in [5, 5.41) is 11.6. The van der Waals surface area contributed by atoms with Crippen molar-refractivity contribution in [3.8, 4) is 10.6 Å². The van der Waals surface area contributed by atoms with Gasteiger partial charge in [0.15, 0.2) is 5.76 Å². The van der Waals surface area contributed by atoms with Gasteiger partial charge in [0.25, 0.3) is 5.91 Å². The Kier molecular flexibility index (Phi) is 7.45. The van der Waals surface area contributed by atoms with Gasteiger partial charge in [-0.2, -0.15) is 0 Å². The van der Waals surface area contributed by atoms with Crippen LogP contribution in [-0.2, 0) is 9.53 Å². The van der Waals surface area contributed by atoms with Gasteiger partial charge in [0.2, 0.25) is 5.78 Å². The van der Waals surface area contributed by atoms with E-state index in [0.717, 1.165) is 25.2 Å². The highest BCUT2D eigenvalue weighted by molar-refractivity contribution is 7.17. The molecule has 1 fully saturated rings. The van der Waals surface area contributed by atoms with E-state index in [-0.39, 0.29) is 5.57 Å². The SMILES string of the molecule is Cc1nc(-c2ccccc2)sc1C(=O)C1=C(O)C(=O)N(CCCN2CCOCC2)C1c1cccc(F)c1. The van der Waals surface area contributed by atoms with E-state index in [4.69, 9.17) is 4.74 Å². The lowest BCUT2D eigenvalue weighted by atomic mass is 9.95. The van der Waals surface area contributed by atoms with Gasteiger partial charge in [-0.15, -0.1) is 11.3 Å². The number of hydrogen-bond acceptors (Lipinski definition) is 7. The molecule has 192 valence electrons. The minimum atomic E-state index is -0.887. The Morgan fingerprint density at radius 2 is 1.89 bits per heavy atom. The first kappa shape index (κ1) is 25.3. The predicted octanol–water partition coefficient (Wildman–Crippen LogP) is 4.56. The van der Waals surface area contributed by atoms with Crippen LogP contribution < -0.4 is 0 Å². The molecular weight excluding hydrogens is 493 g/mol. The molecule has 3 aromatic rings. The van der Waals surface area contributed by atoms with Gasteiger partial charge in [-0.05, 0) is 31.0 Å². The number of hydrogen-bond donors (Lipinski definition) is 1. The topological polar surface area (TPSA) is 83.0 Å². The number of thiazole rings is 1. The Balaban J connectivity index is 1.46. The van der Waals surface area contributed by atoms with Gasteiger partial charge < -0.3 is 14.7 Å². The van der Waals surface area contributed by atoms with Gasteiger partial charge in [-0.1, -0.05) is 42.5 Å². The number of morpholine rings is 1. The van der Waals surface area contributed by atoms with Gasteiger partial charge in [0.1, 0.15) is 10.8 Å². The van der Waals surface area contributed by atoms with Crippen molar-refractivity contribution in [1.29, 1.82) is 0 Å². The first-order chi connectivity index (χ1) is 17.9. The van der Waals surface area contributed by atoms with E-state index in [9.17, 15) is 19.1 Å². The van der Waals surface area contributed by atoms with Crippen LogP contribution in [0.4, 0.5) is 4.39 Å². The van der Waals surface area contributed by atoms with Crippen molar-refractivity contribution in [2.45, 2.75) is 19.4 Å². The Morgan fingerprint density at radius 1 is 1.14 bits per heavy atom. The minimum Gasteiger partial charge on any atom is -0.503 e. The summed E-state index contributed by atoms with van der Waals surface area (Å²) in [6.07, 6.45) is 0.643. The zero-order valence-corrected chi connectivity index (χ0v) is 21.3. The quantitative estimate of drug-likeness (QED) is 0.438. The molecule has 0 bridgehead atoms. The molecule has 1 unspecified atom stereocenters. The minimum absolute atomic E-state index is 0.0339. The highest BCUT2D eigenvalue weighted by atomic mass is 32.1. The summed E-state index contributed by atoms with van der Waals surface area (Å²) < 4.78 is 19.6. The fourth-order valence-electron chi connectivity index (χ4n) is 4.86. The van der Waals surface area contributed by atoms with E-state index in [2.05, 4.69) is 9.88 Å². The Labute approximate surface area is 218 Å². The standard InChI is InChI=1S/C28H28FN3O4S/c1-18-26(37-27(30-18)19-7-3-2-4-8-19)24(33)22-23(20-9-5-10-21(29)17-20)32(28(35)25(22)34)12-6-11-31-13-15-36-16-14-31/h2-5,7-10,17,23,34H,6,11-16H2,1H3. The third kappa shape index (κ3) is 5.20. The van der Waals surface area contributed by atoms with Crippen LogP contribution in [-0.4, -0.2) is 71.0 Å². The van der Waals surface area contributed by atoms with E-state index in [1.807, 2.05) is 30.3 Å². The summed E-state index contributed by atoms with van der Waals surface area (Å²) in [5.74, 6) is -2.14. The molecule has 0 aliphatic carbocycles. The highest BCUT2D eigenvalue weighted by Gasteiger charge is 2.44. The number of carbonyl (C=O) groups excluding carboxylic acids is 2. The molecule has 5 rings (SSSR count). The van der Waals surface area contributed by atoms with Crippen molar-refractivity contribution in [2.75, 3.05) is 39.4 Å². The average Bonchev–Trinajstić information content (AvgIpc) is 3.42. The van der Waals surface area contributed by atoms with Crippen molar-refractivity contribution >= 4 is 23.0 Å². The van der Waals surface area contributed by atoms with Crippen LogP contribution in [0.25, 0.3) is 10.6 Å². The van der Waals surface area contributed by atoms with Gasteiger partial charge in [0.05, 0.1) is 35.4 Å². The normalized spacial score (nSPS) is 18.6. The molecule has 1 amide bonds. The van der Waals surface area contributed by atoms with Crippen LogP contribution in [0.3, 0.4) is 0 Å². The summed E-state index contributed by atoms with van der Waals surface area (Å²) in [5.41, 5.74) is 1.80. The van der Waals surface area contributed by atoms with Crippen molar-refractivity contribution in [1.82, 2.24) is 14.8 Å². The van der Waals surface area contributed by atoms with Crippen LogP contribution in [0.5, 0.6) is 0 Å². The fraction of sp³-hybridized carbons (Fsp3) is 0.321. The van der Waals surface area contributed by atoms with Gasteiger partial charge in [-0.3, -0.25) is 14.5 Å². The molecule has 1 N–H and O–H groups in total. The second kappa shape index (κ2) is 10.9. The summed E-state index contributed by atoms with van der Waals surface area (Å²) in [6.45, 7) is 5.80. The van der Waals surface area contributed by atoms with Crippen molar-refractivity contribution in [3.05, 3.63) is 87.9 Å². The zero-order chi connectivity index (χ0) is 25.9. The van der Waals surface area contributed by atoms with Gasteiger partial charge >= 0.3 is 0 Å². The number of aliphatic hydroxyl groups is 1. The molecular formula is C28H28FN3O4S. The summed E-state index contributed by atoms with van der Waals surface area (Å²) in [4.78, 5) is 35.8. The fourth-order valence-corrected chi connectivity index (χ4v) is 5.89. The lowest BCUT2D eigenvalue weighted by Gasteiger charge is -2.30. The maximum absolute atomic E-state index is 14.2. The molecule has 2 aliphatic rings. The number of ketones is 1. The number of halogens is 1. The van der Waals surface area contributed by atoms with Crippen molar-refractivity contribution in [3.63, 3.8) is 0 Å². The number of amides is 1. The number of Topliss-reactive ketones (excluding diaryl/α,β-unsaturated/α-hetero) is 1. The Bertz CT molecular complexity index is 1330. The Hall–Kier alpha value is -3.40. The molecule has 1 atom stereocenters. The second-order valence-corrected chi connectivity index (χ2v) is 10.2. The third-order valence-electron chi connectivity index (χ3n) is 6.71. The Morgan fingerprint density at radius 3 is 2.62 bits per heavy atom. The summed E-state index contributed by atoms with van der Waals surface area (Å²) in [6, 6.07) is 14.5.